The SMILES string of the molecule is C=CC(CCCCCCCC)C(OC)(c1ccccc1)c1ccccc1. The molecule has 0 amide bonds. The third kappa shape index (κ3) is 4.86. The number of benzene rings is 2. The van der Waals surface area contributed by atoms with Gasteiger partial charge in [0.25, 0.3) is 0 Å². The van der Waals surface area contributed by atoms with Crippen LogP contribution < -0.4 is 0 Å². The highest BCUT2D eigenvalue weighted by atomic mass is 16.5. The summed E-state index contributed by atoms with van der Waals surface area (Å²) in [5, 5.41) is 0. The molecule has 0 radical (unpaired) electrons. The minimum absolute atomic E-state index is 0.239. The van der Waals surface area contributed by atoms with Gasteiger partial charge in [0, 0.05) is 13.0 Å². The smallest absolute Gasteiger partial charge is 0.124 e. The molecule has 2 aromatic carbocycles. The van der Waals surface area contributed by atoms with Crippen molar-refractivity contribution in [3.63, 3.8) is 0 Å². The van der Waals surface area contributed by atoms with E-state index in [-0.39, 0.29) is 5.92 Å². The molecule has 0 heterocycles. The van der Waals surface area contributed by atoms with Crippen molar-refractivity contribution in [2.24, 2.45) is 5.92 Å². The first-order valence-corrected chi connectivity index (χ1v) is 10.1. The average molecular weight is 351 g/mol. The van der Waals surface area contributed by atoms with E-state index in [0.29, 0.717) is 0 Å². The second kappa shape index (κ2) is 11.0. The number of unbranched alkanes of at least 4 members (excludes halogenated alkanes) is 5. The Kier molecular flexibility index (Phi) is 8.64. The van der Waals surface area contributed by atoms with Gasteiger partial charge in [-0.15, -0.1) is 6.58 Å². The van der Waals surface area contributed by atoms with Gasteiger partial charge in [-0.25, -0.2) is 0 Å². The second-order valence-corrected chi connectivity index (χ2v) is 7.07. The summed E-state index contributed by atoms with van der Waals surface area (Å²) in [5.41, 5.74) is 1.92. The van der Waals surface area contributed by atoms with Gasteiger partial charge in [0.2, 0.25) is 0 Å². The maximum absolute atomic E-state index is 6.29. The zero-order chi connectivity index (χ0) is 18.7. The summed E-state index contributed by atoms with van der Waals surface area (Å²) < 4.78 is 6.29. The third-order valence-electron chi connectivity index (χ3n) is 5.40. The van der Waals surface area contributed by atoms with Crippen molar-refractivity contribution < 1.29 is 4.74 Å². The Morgan fingerprint density at radius 1 is 0.846 bits per heavy atom. The summed E-state index contributed by atoms with van der Waals surface area (Å²) in [6.45, 7) is 6.44. The van der Waals surface area contributed by atoms with Crippen LogP contribution in [0.5, 0.6) is 0 Å². The molecule has 0 aliphatic rings. The average Bonchev–Trinajstić information content (AvgIpc) is 2.71. The summed E-state index contributed by atoms with van der Waals surface area (Å²) in [7, 11) is 1.83. The van der Waals surface area contributed by atoms with Gasteiger partial charge in [0.05, 0.1) is 0 Å². The molecule has 0 aromatic heterocycles. The van der Waals surface area contributed by atoms with Gasteiger partial charge >= 0.3 is 0 Å². The first-order chi connectivity index (χ1) is 12.8. The van der Waals surface area contributed by atoms with Crippen LogP contribution in [0.3, 0.4) is 0 Å². The Hall–Kier alpha value is -1.86. The molecule has 0 bridgehead atoms. The van der Waals surface area contributed by atoms with Crippen molar-refractivity contribution in [1.29, 1.82) is 0 Å². The molecule has 26 heavy (non-hydrogen) atoms. The third-order valence-corrected chi connectivity index (χ3v) is 5.40. The molecule has 0 saturated carbocycles. The Labute approximate surface area is 160 Å². The lowest BCUT2D eigenvalue weighted by Crippen LogP contribution is -2.37. The lowest BCUT2D eigenvalue weighted by Gasteiger charge is -2.39. The van der Waals surface area contributed by atoms with E-state index in [4.69, 9.17) is 4.74 Å². The van der Waals surface area contributed by atoms with E-state index in [1.165, 1.54) is 49.7 Å². The first-order valence-electron chi connectivity index (χ1n) is 10.1. The standard InChI is InChI=1S/C25H34O/c1-4-6-7-8-9-12-17-22(5-2)25(26-3,23-18-13-10-14-19-23)24-20-15-11-16-21-24/h5,10-11,13-16,18-22H,2,4,6-9,12,17H2,1,3H3. The summed E-state index contributed by atoms with van der Waals surface area (Å²) in [6.07, 6.45) is 11.0. The van der Waals surface area contributed by atoms with E-state index < -0.39 is 5.60 Å². The number of hydrogen-bond donors (Lipinski definition) is 0. The Bertz CT molecular complexity index is 578. The van der Waals surface area contributed by atoms with Crippen LogP contribution in [0, 0.1) is 5.92 Å². The lowest BCUT2D eigenvalue weighted by atomic mass is 9.73. The predicted molar refractivity (Wildman–Crippen MR) is 112 cm³/mol. The minimum atomic E-state index is -0.478. The minimum Gasteiger partial charge on any atom is -0.368 e. The molecule has 0 fully saturated rings. The van der Waals surface area contributed by atoms with Crippen LogP contribution in [0.25, 0.3) is 0 Å². The topological polar surface area (TPSA) is 9.23 Å². The molecule has 2 rings (SSSR count). The van der Waals surface area contributed by atoms with Gasteiger partial charge in [-0.1, -0.05) is 112 Å². The van der Waals surface area contributed by atoms with E-state index in [1.807, 2.05) is 7.11 Å². The molecule has 2 aromatic rings. The van der Waals surface area contributed by atoms with Crippen molar-refractivity contribution in [3.05, 3.63) is 84.4 Å². The number of hydrogen-bond acceptors (Lipinski definition) is 1. The van der Waals surface area contributed by atoms with Crippen LogP contribution in [0.15, 0.2) is 73.3 Å². The predicted octanol–water partition coefficient (Wildman–Crippen LogP) is 7.13. The molecule has 0 spiro atoms. The summed E-state index contributed by atoms with van der Waals surface area (Å²) >= 11 is 0. The number of ether oxygens (including phenoxy) is 1. The van der Waals surface area contributed by atoms with E-state index in [2.05, 4.69) is 80.2 Å². The van der Waals surface area contributed by atoms with E-state index >= 15 is 0 Å². The van der Waals surface area contributed by atoms with E-state index in [0.717, 1.165) is 6.42 Å². The molecular formula is C25H34O. The van der Waals surface area contributed by atoms with Crippen LogP contribution in [0.4, 0.5) is 0 Å². The molecule has 1 unspecified atom stereocenters. The molecule has 1 heteroatoms. The monoisotopic (exact) mass is 350 g/mol. The molecule has 0 saturated heterocycles. The zero-order valence-electron chi connectivity index (χ0n) is 16.5. The van der Waals surface area contributed by atoms with Gasteiger partial charge in [-0.3, -0.25) is 0 Å². The molecule has 1 atom stereocenters. The largest absolute Gasteiger partial charge is 0.368 e. The van der Waals surface area contributed by atoms with Crippen LogP contribution in [0.1, 0.15) is 63.0 Å². The quantitative estimate of drug-likeness (QED) is 0.292. The van der Waals surface area contributed by atoms with Crippen molar-refractivity contribution in [2.75, 3.05) is 7.11 Å². The Balaban J connectivity index is 2.26. The molecule has 0 aliphatic heterocycles. The van der Waals surface area contributed by atoms with Crippen molar-refractivity contribution in [3.8, 4) is 0 Å². The van der Waals surface area contributed by atoms with Crippen molar-refractivity contribution >= 4 is 0 Å². The molecule has 140 valence electrons. The van der Waals surface area contributed by atoms with Crippen LogP contribution in [0.2, 0.25) is 0 Å². The fourth-order valence-corrected chi connectivity index (χ4v) is 3.99. The van der Waals surface area contributed by atoms with Gasteiger partial charge in [0.15, 0.2) is 0 Å². The maximum Gasteiger partial charge on any atom is 0.124 e. The van der Waals surface area contributed by atoms with E-state index in [9.17, 15) is 0 Å². The van der Waals surface area contributed by atoms with Crippen LogP contribution in [-0.4, -0.2) is 7.11 Å². The Morgan fingerprint density at radius 2 is 1.35 bits per heavy atom. The fourth-order valence-electron chi connectivity index (χ4n) is 3.99. The summed E-state index contributed by atoms with van der Waals surface area (Å²) in [6, 6.07) is 21.2. The van der Waals surface area contributed by atoms with Crippen molar-refractivity contribution in [1.82, 2.24) is 0 Å². The Morgan fingerprint density at radius 3 is 1.81 bits per heavy atom. The molecule has 1 nitrogen and oxygen atoms in total. The molecular weight excluding hydrogens is 316 g/mol. The van der Waals surface area contributed by atoms with Gasteiger partial charge < -0.3 is 4.74 Å². The highest BCUT2D eigenvalue weighted by molar-refractivity contribution is 5.38. The van der Waals surface area contributed by atoms with Crippen molar-refractivity contribution in [2.45, 2.75) is 57.5 Å². The normalized spacial score (nSPS) is 12.7. The highest BCUT2D eigenvalue weighted by Gasteiger charge is 2.40. The van der Waals surface area contributed by atoms with Gasteiger partial charge in [0.1, 0.15) is 5.60 Å². The fraction of sp³-hybridized carbons (Fsp3) is 0.440. The van der Waals surface area contributed by atoms with Crippen LogP contribution >= 0.6 is 0 Å². The highest BCUT2D eigenvalue weighted by Crippen LogP contribution is 2.43. The molecule has 0 aliphatic carbocycles. The maximum atomic E-state index is 6.29. The van der Waals surface area contributed by atoms with Gasteiger partial charge in [-0.05, 0) is 17.5 Å². The summed E-state index contributed by atoms with van der Waals surface area (Å²) in [4.78, 5) is 0. The number of methoxy groups -OCH3 is 1. The van der Waals surface area contributed by atoms with E-state index in [1.54, 1.807) is 0 Å². The van der Waals surface area contributed by atoms with Crippen LogP contribution in [-0.2, 0) is 10.3 Å². The zero-order valence-corrected chi connectivity index (χ0v) is 16.5. The second-order valence-electron chi connectivity index (χ2n) is 7.07. The molecule has 0 N–H and O–H groups in total. The number of rotatable bonds is 12. The summed E-state index contributed by atoms with van der Waals surface area (Å²) in [5.74, 6) is 0.239. The van der Waals surface area contributed by atoms with Gasteiger partial charge in [-0.2, -0.15) is 0 Å². The first kappa shape index (κ1) is 20.5. The lowest BCUT2D eigenvalue weighted by molar-refractivity contribution is -0.0168.